The molecule has 0 aliphatic rings. The average Bonchev–Trinajstić information content (AvgIpc) is 2.51. The van der Waals surface area contributed by atoms with Crippen molar-refractivity contribution in [2.75, 3.05) is 5.32 Å². The summed E-state index contributed by atoms with van der Waals surface area (Å²) in [5.74, 6) is -1.14. The van der Waals surface area contributed by atoms with E-state index in [1.165, 1.54) is 18.6 Å². The number of rotatable bonds is 5. The van der Waals surface area contributed by atoms with Gasteiger partial charge in [0.1, 0.15) is 0 Å². The van der Waals surface area contributed by atoms with Crippen LogP contribution >= 0.6 is 0 Å². The molecule has 2 amide bonds. The van der Waals surface area contributed by atoms with E-state index in [2.05, 4.69) is 14.7 Å². The number of aromatic nitrogens is 2. The Morgan fingerprint density at radius 3 is 2.38 bits per heavy atom. The third-order valence-corrected chi connectivity index (χ3v) is 4.77. The molecule has 0 atom stereocenters. The number of anilines is 1. The number of hydrogen-bond donors (Lipinski definition) is 2. The van der Waals surface area contributed by atoms with Gasteiger partial charge >= 0.3 is 18.8 Å². The van der Waals surface area contributed by atoms with E-state index in [4.69, 9.17) is 0 Å². The standard InChI is InChI=1S/C15H13F5N4O4S/c1-7-3-4-9(15(18,19)20)6-10(7)29(26,27)24-14(25)23-13-21-8(2)5-11(22-13)28-12(16)17/h3-6,12H,1-2H3,(H2,21,22,23,24,25). The van der Waals surface area contributed by atoms with Gasteiger partial charge in [-0.25, -0.2) is 22.9 Å². The number of alkyl halides is 5. The predicted molar refractivity (Wildman–Crippen MR) is 88.9 cm³/mol. The number of carbonyl (C=O) groups excluding carboxylic acids is 1. The number of aryl methyl sites for hydroxylation is 2. The lowest BCUT2D eigenvalue weighted by molar-refractivity contribution is -0.137. The zero-order chi connectivity index (χ0) is 22.0. The van der Waals surface area contributed by atoms with E-state index in [0.29, 0.717) is 12.1 Å². The van der Waals surface area contributed by atoms with Crippen LogP contribution in [0.3, 0.4) is 0 Å². The number of amides is 2. The van der Waals surface area contributed by atoms with Gasteiger partial charge in [0.25, 0.3) is 10.0 Å². The number of carbonyl (C=O) groups is 1. The SMILES string of the molecule is Cc1cc(OC(F)F)nc(NC(=O)NS(=O)(=O)c2cc(C(F)(F)F)ccc2C)n1. The van der Waals surface area contributed by atoms with Crippen molar-refractivity contribution in [3.63, 3.8) is 0 Å². The molecule has 2 aromatic rings. The zero-order valence-electron chi connectivity index (χ0n) is 14.7. The fourth-order valence-electron chi connectivity index (χ4n) is 2.12. The van der Waals surface area contributed by atoms with Crippen molar-refractivity contribution in [3.05, 3.63) is 41.1 Å². The first-order chi connectivity index (χ1) is 13.3. The second-order valence-electron chi connectivity index (χ2n) is 5.59. The van der Waals surface area contributed by atoms with Gasteiger partial charge in [-0.15, -0.1) is 0 Å². The summed E-state index contributed by atoms with van der Waals surface area (Å²) in [5.41, 5.74) is -1.15. The van der Waals surface area contributed by atoms with Crippen molar-refractivity contribution in [3.8, 4) is 5.88 Å². The van der Waals surface area contributed by atoms with E-state index in [-0.39, 0.29) is 11.3 Å². The van der Waals surface area contributed by atoms with Gasteiger partial charge in [-0.3, -0.25) is 5.32 Å². The maximum absolute atomic E-state index is 12.8. The van der Waals surface area contributed by atoms with Crippen LogP contribution < -0.4 is 14.8 Å². The van der Waals surface area contributed by atoms with Crippen molar-refractivity contribution in [1.29, 1.82) is 0 Å². The lowest BCUT2D eigenvalue weighted by Crippen LogP contribution is -2.35. The first kappa shape index (κ1) is 22.3. The molecular formula is C15H13F5N4O4S. The fourth-order valence-corrected chi connectivity index (χ4v) is 3.30. The number of halogens is 5. The molecule has 0 aliphatic carbocycles. The van der Waals surface area contributed by atoms with Crippen LogP contribution in [0.5, 0.6) is 5.88 Å². The Kier molecular flexibility index (Phi) is 6.25. The second-order valence-corrected chi connectivity index (χ2v) is 7.24. The molecule has 1 heterocycles. The minimum atomic E-state index is -4.79. The van der Waals surface area contributed by atoms with Crippen LogP contribution in [-0.4, -0.2) is 31.0 Å². The maximum Gasteiger partial charge on any atom is 0.416 e. The molecule has 29 heavy (non-hydrogen) atoms. The third kappa shape index (κ3) is 5.97. The summed E-state index contributed by atoms with van der Waals surface area (Å²) in [6.07, 6.45) is -4.79. The molecule has 8 nitrogen and oxygen atoms in total. The van der Waals surface area contributed by atoms with E-state index in [1.807, 2.05) is 5.32 Å². The van der Waals surface area contributed by atoms with Crippen molar-refractivity contribution in [2.45, 2.75) is 31.5 Å². The van der Waals surface area contributed by atoms with E-state index in [1.54, 1.807) is 0 Å². The number of urea groups is 1. The van der Waals surface area contributed by atoms with Crippen LogP contribution in [0.2, 0.25) is 0 Å². The van der Waals surface area contributed by atoms with Gasteiger partial charge in [0.15, 0.2) is 0 Å². The quantitative estimate of drug-likeness (QED) is 0.691. The average molecular weight is 440 g/mol. The third-order valence-electron chi connectivity index (χ3n) is 3.30. The lowest BCUT2D eigenvalue weighted by atomic mass is 10.1. The van der Waals surface area contributed by atoms with Crippen LogP contribution in [0.4, 0.5) is 32.7 Å². The molecule has 0 saturated carbocycles. The Balaban J connectivity index is 2.24. The minimum absolute atomic E-state index is 0.0438. The van der Waals surface area contributed by atoms with Crippen molar-refractivity contribution in [2.24, 2.45) is 0 Å². The number of hydrogen-bond acceptors (Lipinski definition) is 6. The molecule has 0 fully saturated rings. The number of ether oxygens (including phenoxy) is 1. The number of nitrogens with zero attached hydrogens (tertiary/aromatic N) is 2. The molecule has 0 unspecified atom stereocenters. The van der Waals surface area contributed by atoms with Gasteiger partial charge in [0.05, 0.1) is 10.5 Å². The number of benzene rings is 1. The maximum atomic E-state index is 12.8. The summed E-state index contributed by atoms with van der Waals surface area (Å²) >= 11 is 0. The summed E-state index contributed by atoms with van der Waals surface area (Å²) in [5, 5.41) is 1.89. The Hall–Kier alpha value is -3.03. The lowest BCUT2D eigenvalue weighted by Gasteiger charge is -2.13. The van der Waals surface area contributed by atoms with Crippen molar-refractivity contribution in [1.82, 2.24) is 14.7 Å². The molecule has 2 rings (SSSR count). The van der Waals surface area contributed by atoms with Crippen LogP contribution in [-0.2, 0) is 16.2 Å². The van der Waals surface area contributed by atoms with E-state index in [9.17, 15) is 35.2 Å². The van der Waals surface area contributed by atoms with Crippen LogP contribution in [0.25, 0.3) is 0 Å². The molecule has 0 radical (unpaired) electrons. The van der Waals surface area contributed by atoms with E-state index in [0.717, 1.165) is 12.1 Å². The minimum Gasteiger partial charge on any atom is -0.417 e. The smallest absolute Gasteiger partial charge is 0.416 e. The first-order valence-electron chi connectivity index (χ1n) is 7.60. The highest BCUT2D eigenvalue weighted by Gasteiger charge is 2.32. The van der Waals surface area contributed by atoms with Gasteiger partial charge in [0.2, 0.25) is 11.8 Å². The molecule has 14 heteroatoms. The van der Waals surface area contributed by atoms with Gasteiger partial charge in [-0.1, -0.05) is 6.07 Å². The predicted octanol–water partition coefficient (Wildman–Crippen LogP) is 3.22. The normalized spacial score (nSPS) is 12.0. The molecule has 0 aliphatic heterocycles. The highest BCUT2D eigenvalue weighted by molar-refractivity contribution is 7.90. The summed E-state index contributed by atoms with van der Waals surface area (Å²) in [7, 11) is -4.70. The summed E-state index contributed by atoms with van der Waals surface area (Å²) in [6, 6.07) is 1.63. The number of nitrogens with one attached hydrogen (secondary N) is 2. The first-order valence-corrected chi connectivity index (χ1v) is 9.08. The van der Waals surface area contributed by atoms with E-state index < -0.39 is 51.1 Å². The Morgan fingerprint density at radius 2 is 1.79 bits per heavy atom. The topological polar surface area (TPSA) is 110 Å². The van der Waals surface area contributed by atoms with Gasteiger partial charge in [-0.05, 0) is 31.5 Å². The Bertz CT molecular complexity index is 1030. The highest BCUT2D eigenvalue weighted by atomic mass is 32.2. The second kappa shape index (κ2) is 8.14. The summed E-state index contributed by atoms with van der Waals surface area (Å²) < 4.78 is 93.2. The monoisotopic (exact) mass is 440 g/mol. The molecule has 1 aromatic carbocycles. The molecule has 2 N–H and O–H groups in total. The van der Waals surface area contributed by atoms with Crippen LogP contribution in [0.1, 0.15) is 16.8 Å². The molecule has 0 saturated heterocycles. The van der Waals surface area contributed by atoms with E-state index >= 15 is 0 Å². The van der Waals surface area contributed by atoms with Gasteiger partial charge < -0.3 is 4.74 Å². The van der Waals surface area contributed by atoms with Gasteiger partial charge in [-0.2, -0.15) is 26.9 Å². The molecule has 0 bridgehead atoms. The summed E-state index contributed by atoms with van der Waals surface area (Å²) in [6.45, 7) is -0.592. The van der Waals surface area contributed by atoms with Crippen molar-refractivity contribution >= 4 is 22.0 Å². The zero-order valence-corrected chi connectivity index (χ0v) is 15.5. The van der Waals surface area contributed by atoms with Crippen LogP contribution in [0.15, 0.2) is 29.2 Å². The Morgan fingerprint density at radius 1 is 1.14 bits per heavy atom. The molecule has 0 spiro atoms. The van der Waals surface area contributed by atoms with Crippen LogP contribution in [0, 0.1) is 13.8 Å². The molecule has 1 aromatic heterocycles. The molecule has 158 valence electrons. The Labute approximate surface area is 161 Å². The van der Waals surface area contributed by atoms with Gasteiger partial charge in [0, 0.05) is 11.8 Å². The fraction of sp³-hybridized carbons (Fsp3) is 0.267. The van der Waals surface area contributed by atoms with Crippen molar-refractivity contribution < 1.29 is 39.9 Å². The molecular weight excluding hydrogens is 427 g/mol. The summed E-state index contributed by atoms with van der Waals surface area (Å²) in [4.78, 5) is 18.3. The number of sulfonamides is 1. The highest BCUT2D eigenvalue weighted by Crippen LogP contribution is 2.31. The largest absolute Gasteiger partial charge is 0.417 e.